The molecule has 4 fully saturated rings. The molecule has 0 aromatic rings. The monoisotopic (exact) mass is 314 g/mol. The number of aliphatic hydroxyl groups excluding tert-OH is 1. The molecule has 8 atom stereocenters. The summed E-state index contributed by atoms with van der Waals surface area (Å²) in [6, 6.07) is 0. The van der Waals surface area contributed by atoms with Gasteiger partial charge in [-0.25, -0.2) is 0 Å². The number of carbonyl (C=O) groups excluding carboxylic acids is 1. The van der Waals surface area contributed by atoms with Gasteiger partial charge in [-0.15, -0.1) is 0 Å². The molecule has 0 unspecified atom stereocenters. The molecule has 1 N–H and O–H groups in total. The second kappa shape index (κ2) is 4.12. The molecule has 0 aromatic carbocycles. The van der Waals surface area contributed by atoms with Crippen molar-refractivity contribution in [1.82, 2.24) is 0 Å². The van der Waals surface area contributed by atoms with Gasteiger partial charge < -0.3 is 5.11 Å². The molecule has 5 rings (SSSR count). The third kappa shape index (κ3) is 1.49. The Morgan fingerprint density at radius 3 is 2.83 bits per heavy atom. The molecule has 0 radical (unpaired) electrons. The first-order valence-electron chi connectivity index (χ1n) is 9.75. The molecule has 5 aliphatic carbocycles. The minimum absolute atomic E-state index is 0.0768. The Bertz CT molecular complexity index is 621. The standard InChI is InChI=1S/C21H30O2/c1-12-8-13-9-15(22)4-6-19(13,2)16-5-7-20(3)17(23)10-14-11-21(14,20)18(12)16/h9,12,14,16-18,23H,4-8,10-11H2,1-3H3/t12-,14-,16+,17+,18-,19+,20-,21+/m1/s1. The van der Waals surface area contributed by atoms with Gasteiger partial charge in [-0.05, 0) is 84.5 Å². The lowest BCUT2D eigenvalue weighted by molar-refractivity contribution is -0.126. The second-order valence-electron chi connectivity index (χ2n) is 10.0. The summed E-state index contributed by atoms with van der Waals surface area (Å²) in [5, 5.41) is 10.7. The predicted molar refractivity (Wildman–Crippen MR) is 89.7 cm³/mol. The van der Waals surface area contributed by atoms with E-state index in [9.17, 15) is 9.90 Å². The molecule has 0 amide bonds. The lowest BCUT2D eigenvalue weighted by Gasteiger charge is -2.61. The lowest BCUT2D eigenvalue weighted by atomic mass is 9.43. The van der Waals surface area contributed by atoms with Gasteiger partial charge in [0, 0.05) is 6.42 Å². The van der Waals surface area contributed by atoms with Crippen LogP contribution < -0.4 is 0 Å². The highest BCUT2D eigenvalue weighted by atomic mass is 16.3. The molecule has 0 aromatic heterocycles. The quantitative estimate of drug-likeness (QED) is 0.730. The van der Waals surface area contributed by atoms with E-state index in [1.165, 1.54) is 24.8 Å². The van der Waals surface area contributed by atoms with Crippen LogP contribution in [0.4, 0.5) is 0 Å². The fourth-order valence-corrected chi connectivity index (χ4v) is 8.15. The summed E-state index contributed by atoms with van der Waals surface area (Å²) in [6.45, 7) is 7.28. The van der Waals surface area contributed by atoms with Crippen molar-refractivity contribution in [2.24, 2.45) is 39.9 Å². The van der Waals surface area contributed by atoms with Crippen molar-refractivity contribution in [1.29, 1.82) is 0 Å². The predicted octanol–water partition coefficient (Wildman–Crippen LogP) is 4.13. The van der Waals surface area contributed by atoms with Crippen molar-refractivity contribution in [3.8, 4) is 0 Å². The molecule has 0 bridgehead atoms. The summed E-state index contributed by atoms with van der Waals surface area (Å²) in [7, 11) is 0. The Morgan fingerprint density at radius 1 is 1.26 bits per heavy atom. The molecule has 23 heavy (non-hydrogen) atoms. The zero-order valence-corrected chi connectivity index (χ0v) is 14.8. The van der Waals surface area contributed by atoms with Crippen LogP contribution in [-0.2, 0) is 4.79 Å². The highest BCUT2D eigenvalue weighted by molar-refractivity contribution is 5.91. The first-order valence-corrected chi connectivity index (χ1v) is 9.75. The van der Waals surface area contributed by atoms with Gasteiger partial charge in [0.05, 0.1) is 6.10 Å². The van der Waals surface area contributed by atoms with Crippen molar-refractivity contribution < 1.29 is 9.90 Å². The van der Waals surface area contributed by atoms with E-state index >= 15 is 0 Å². The highest BCUT2D eigenvalue weighted by Gasteiger charge is 2.78. The van der Waals surface area contributed by atoms with Crippen LogP contribution in [0.2, 0.25) is 0 Å². The molecular weight excluding hydrogens is 284 g/mol. The molecular formula is C21H30O2. The molecule has 126 valence electrons. The summed E-state index contributed by atoms with van der Waals surface area (Å²) >= 11 is 0. The summed E-state index contributed by atoms with van der Waals surface area (Å²) in [5.41, 5.74) is 2.29. The van der Waals surface area contributed by atoms with E-state index in [1.54, 1.807) is 0 Å². The Hall–Kier alpha value is -0.630. The molecule has 1 spiro atoms. The van der Waals surface area contributed by atoms with E-state index in [0.717, 1.165) is 43.4 Å². The highest BCUT2D eigenvalue weighted by Crippen LogP contribution is 2.83. The Kier molecular flexibility index (Phi) is 2.63. The molecule has 2 heteroatoms. The van der Waals surface area contributed by atoms with E-state index in [1.807, 2.05) is 6.08 Å². The van der Waals surface area contributed by atoms with Gasteiger partial charge in [0.15, 0.2) is 5.78 Å². The molecule has 0 heterocycles. The maximum Gasteiger partial charge on any atom is 0.155 e. The number of carbonyl (C=O) groups is 1. The number of hydrogen-bond acceptors (Lipinski definition) is 2. The lowest BCUT2D eigenvalue weighted by Crippen LogP contribution is -2.56. The fraction of sp³-hybridized carbons (Fsp3) is 0.857. The average Bonchev–Trinajstić information content (AvgIpc) is 3.14. The fourth-order valence-electron chi connectivity index (χ4n) is 8.15. The van der Waals surface area contributed by atoms with Gasteiger partial charge in [0.1, 0.15) is 0 Å². The van der Waals surface area contributed by atoms with Crippen molar-refractivity contribution in [2.45, 2.75) is 71.8 Å². The first kappa shape index (κ1) is 14.7. The average molecular weight is 314 g/mol. The maximum absolute atomic E-state index is 12.0. The topological polar surface area (TPSA) is 37.3 Å². The van der Waals surface area contributed by atoms with E-state index in [2.05, 4.69) is 20.8 Å². The number of rotatable bonds is 0. The third-order valence-corrected chi connectivity index (χ3v) is 9.39. The SMILES string of the molecule is C[C@@H]1CC2=CC(=O)CC[C@]2(C)[C@H]2CC[C@]3(C)[C@@H](O)C[C@@H]4C[C@@]43[C@H]12. The Balaban J connectivity index is 1.61. The zero-order valence-electron chi connectivity index (χ0n) is 14.8. The minimum atomic E-state index is -0.0768. The van der Waals surface area contributed by atoms with Gasteiger partial charge in [-0.3, -0.25) is 4.79 Å². The number of allylic oxidation sites excluding steroid dienone is 1. The van der Waals surface area contributed by atoms with Crippen LogP contribution in [0.3, 0.4) is 0 Å². The van der Waals surface area contributed by atoms with Crippen LogP contribution in [-0.4, -0.2) is 17.0 Å². The summed E-state index contributed by atoms with van der Waals surface area (Å²) in [4.78, 5) is 12.0. The summed E-state index contributed by atoms with van der Waals surface area (Å²) < 4.78 is 0. The van der Waals surface area contributed by atoms with Gasteiger partial charge >= 0.3 is 0 Å². The number of hydrogen-bond donors (Lipinski definition) is 1. The number of fused-ring (bicyclic) bond motifs is 3. The Labute approximate surface area is 139 Å². The van der Waals surface area contributed by atoms with Crippen LogP contribution in [0.5, 0.6) is 0 Å². The smallest absolute Gasteiger partial charge is 0.155 e. The van der Waals surface area contributed by atoms with Crippen molar-refractivity contribution in [3.05, 3.63) is 11.6 Å². The molecule has 0 saturated heterocycles. The third-order valence-electron chi connectivity index (χ3n) is 9.39. The Morgan fingerprint density at radius 2 is 2.04 bits per heavy atom. The minimum Gasteiger partial charge on any atom is -0.393 e. The number of ketones is 1. The zero-order chi connectivity index (χ0) is 16.2. The van der Waals surface area contributed by atoms with Gasteiger partial charge in [-0.1, -0.05) is 26.3 Å². The van der Waals surface area contributed by atoms with E-state index in [0.29, 0.717) is 17.1 Å². The second-order valence-corrected chi connectivity index (χ2v) is 10.0. The molecule has 0 aliphatic heterocycles. The van der Waals surface area contributed by atoms with Gasteiger partial charge in [0.25, 0.3) is 0 Å². The van der Waals surface area contributed by atoms with Crippen molar-refractivity contribution >= 4 is 5.78 Å². The van der Waals surface area contributed by atoms with Gasteiger partial charge in [-0.2, -0.15) is 0 Å². The van der Waals surface area contributed by atoms with Crippen LogP contribution in [0.1, 0.15) is 65.7 Å². The van der Waals surface area contributed by atoms with Crippen molar-refractivity contribution in [2.75, 3.05) is 0 Å². The van der Waals surface area contributed by atoms with Crippen LogP contribution in [0, 0.1) is 39.9 Å². The largest absolute Gasteiger partial charge is 0.393 e. The normalized spacial score (nSPS) is 60.3. The van der Waals surface area contributed by atoms with Crippen LogP contribution >= 0.6 is 0 Å². The summed E-state index contributed by atoms with van der Waals surface area (Å²) in [6.07, 6.45) is 9.70. The number of aliphatic hydroxyl groups is 1. The first-order chi connectivity index (χ1) is 10.8. The van der Waals surface area contributed by atoms with Crippen molar-refractivity contribution in [3.63, 3.8) is 0 Å². The molecule has 2 nitrogen and oxygen atoms in total. The van der Waals surface area contributed by atoms with E-state index < -0.39 is 0 Å². The van der Waals surface area contributed by atoms with Crippen LogP contribution in [0.15, 0.2) is 11.6 Å². The molecule has 4 saturated carbocycles. The summed E-state index contributed by atoms with van der Waals surface area (Å²) in [5.74, 6) is 3.28. The van der Waals surface area contributed by atoms with Gasteiger partial charge in [0.2, 0.25) is 0 Å². The van der Waals surface area contributed by atoms with Crippen LogP contribution in [0.25, 0.3) is 0 Å². The van der Waals surface area contributed by atoms with E-state index in [4.69, 9.17) is 0 Å². The molecule has 5 aliphatic rings. The maximum atomic E-state index is 12.0. The van der Waals surface area contributed by atoms with E-state index in [-0.39, 0.29) is 16.9 Å².